The first-order valence-corrected chi connectivity index (χ1v) is 7.54. The van der Waals surface area contributed by atoms with E-state index in [4.69, 9.17) is 9.47 Å². The van der Waals surface area contributed by atoms with E-state index in [-0.39, 0.29) is 0 Å². The van der Waals surface area contributed by atoms with Crippen LogP contribution in [-0.4, -0.2) is 20.3 Å². The zero-order valence-corrected chi connectivity index (χ0v) is 13.0. The average Bonchev–Trinajstić information content (AvgIpc) is 2.78. The van der Waals surface area contributed by atoms with Crippen molar-refractivity contribution in [2.45, 2.75) is 20.4 Å². The standard InChI is InChI=1S/C16H21NO2S/c1-12-10-16(20-13(12)2)11-17-8-9-19-15-6-4-14(18-3)5-7-15/h4-7,10,17H,8-9,11H2,1-3H3. The van der Waals surface area contributed by atoms with Crippen LogP contribution in [0.1, 0.15) is 15.3 Å². The van der Waals surface area contributed by atoms with Crippen LogP contribution in [0, 0.1) is 13.8 Å². The fourth-order valence-corrected chi connectivity index (χ4v) is 2.88. The first-order chi connectivity index (χ1) is 9.69. The molecular weight excluding hydrogens is 270 g/mol. The smallest absolute Gasteiger partial charge is 0.119 e. The third-order valence-electron chi connectivity index (χ3n) is 3.12. The molecule has 1 heterocycles. The summed E-state index contributed by atoms with van der Waals surface area (Å²) in [5, 5.41) is 3.40. The highest BCUT2D eigenvalue weighted by Gasteiger charge is 2.01. The lowest BCUT2D eigenvalue weighted by Gasteiger charge is -2.07. The monoisotopic (exact) mass is 291 g/mol. The van der Waals surface area contributed by atoms with E-state index in [0.717, 1.165) is 24.6 Å². The summed E-state index contributed by atoms with van der Waals surface area (Å²) in [5.41, 5.74) is 1.38. The van der Waals surface area contributed by atoms with E-state index in [1.165, 1.54) is 15.3 Å². The Morgan fingerprint density at radius 1 is 1.10 bits per heavy atom. The molecule has 0 aliphatic carbocycles. The highest BCUT2D eigenvalue weighted by atomic mass is 32.1. The minimum atomic E-state index is 0.662. The Morgan fingerprint density at radius 3 is 2.40 bits per heavy atom. The van der Waals surface area contributed by atoms with Gasteiger partial charge in [0.15, 0.2) is 0 Å². The van der Waals surface area contributed by atoms with Crippen LogP contribution in [0.15, 0.2) is 30.3 Å². The quantitative estimate of drug-likeness (QED) is 0.791. The maximum absolute atomic E-state index is 5.66. The minimum Gasteiger partial charge on any atom is -0.497 e. The normalized spacial score (nSPS) is 10.6. The molecule has 0 fully saturated rings. The molecule has 0 atom stereocenters. The summed E-state index contributed by atoms with van der Waals surface area (Å²) in [6.45, 7) is 6.72. The molecule has 108 valence electrons. The van der Waals surface area contributed by atoms with Crippen molar-refractivity contribution < 1.29 is 9.47 Å². The van der Waals surface area contributed by atoms with E-state index in [1.54, 1.807) is 7.11 Å². The Balaban J connectivity index is 1.66. The van der Waals surface area contributed by atoms with Crippen LogP contribution in [0.3, 0.4) is 0 Å². The van der Waals surface area contributed by atoms with Gasteiger partial charge < -0.3 is 14.8 Å². The Kier molecular flexibility index (Phi) is 5.44. The van der Waals surface area contributed by atoms with Crippen molar-refractivity contribution >= 4 is 11.3 Å². The molecule has 4 heteroatoms. The Morgan fingerprint density at radius 2 is 1.80 bits per heavy atom. The van der Waals surface area contributed by atoms with Gasteiger partial charge in [0, 0.05) is 22.8 Å². The van der Waals surface area contributed by atoms with Crippen molar-refractivity contribution in [3.63, 3.8) is 0 Å². The van der Waals surface area contributed by atoms with Crippen LogP contribution in [0.2, 0.25) is 0 Å². The Hall–Kier alpha value is -1.52. The number of nitrogens with one attached hydrogen (secondary N) is 1. The summed E-state index contributed by atoms with van der Waals surface area (Å²) in [6.07, 6.45) is 0. The molecule has 1 N–H and O–H groups in total. The first kappa shape index (κ1) is 14.9. The number of aryl methyl sites for hydroxylation is 2. The van der Waals surface area contributed by atoms with E-state index in [0.29, 0.717) is 6.61 Å². The number of methoxy groups -OCH3 is 1. The van der Waals surface area contributed by atoms with Crippen LogP contribution in [0.25, 0.3) is 0 Å². The predicted octanol–water partition coefficient (Wildman–Crippen LogP) is 3.54. The highest BCUT2D eigenvalue weighted by Crippen LogP contribution is 2.20. The summed E-state index contributed by atoms with van der Waals surface area (Å²) in [6, 6.07) is 9.90. The second-order valence-electron chi connectivity index (χ2n) is 4.65. The molecule has 0 aliphatic rings. The number of thiophene rings is 1. The fraction of sp³-hybridized carbons (Fsp3) is 0.375. The summed E-state index contributed by atoms with van der Waals surface area (Å²) in [5.74, 6) is 1.72. The van der Waals surface area contributed by atoms with Crippen molar-refractivity contribution in [3.05, 3.63) is 45.6 Å². The molecule has 0 aliphatic heterocycles. The lowest BCUT2D eigenvalue weighted by molar-refractivity contribution is 0.313. The number of hydrogen-bond donors (Lipinski definition) is 1. The molecular formula is C16H21NO2S. The number of hydrogen-bond acceptors (Lipinski definition) is 4. The van der Waals surface area contributed by atoms with E-state index >= 15 is 0 Å². The molecule has 2 aromatic rings. The van der Waals surface area contributed by atoms with Crippen molar-refractivity contribution in [1.29, 1.82) is 0 Å². The second-order valence-corrected chi connectivity index (χ2v) is 5.99. The maximum atomic E-state index is 5.66. The zero-order chi connectivity index (χ0) is 14.4. The summed E-state index contributed by atoms with van der Waals surface area (Å²) >= 11 is 1.86. The molecule has 0 amide bonds. The topological polar surface area (TPSA) is 30.5 Å². The molecule has 1 aromatic carbocycles. The van der Waals surface area contributed by atoms with Gasteiger partial charge in [-0.05, 0) is 49.7 Å². The van der Waals surface area contributed by atoms with Crippen molar-refractivity contribution in [2.24, 2.45) is 0 Å². The maximum Gasteiger partial charge on any atom is 0.119 e. The van der Waals surface area contributed by atoms with Crippen LogP contribution in [-0.2, 0) is 6.54 Å². The largest absolute Gasteiger partial charge is 0.497 e. The molecule has 3 nitrogen and oxygen atoms in total. The molecule has 2 rings (SSSR count). The van der Waals surface area contributed by atoms with Gasteiger partial charge in [0.05, 0.1) is 7.11 Å². The lowest BCUT2D eigenvalue weighted by Crippen LogP contribution is -2.20. The van der Waals surface area contributed by atoms with Gasteiger partial charge >= 0.3 is 0 Å². The van der Waals surface area contributed by atoms with Crippen LogP contribution < -0.4 is 14.8 Å². The fourth-order valence-electron chi connectivity index (χ4n) is 1.86. The van der Waals surface area contributed by atoms with Gasteiger partial charge in [-0.25, -0.2) is 0 Å². The number of rotatable bonds is 7. The molecule has 0 saturated carbocycles. The van der Waals surface area contributed by atoms with Crippen molar-refractivity contribution in [2.75, 3.05) is 20.3 Å². The number of benzene rings is 1. The predicted molar refractivity (Wildman–Crippen MR) is 84.0 cm³/mol. The second kappa shape index (κ2) is 7.31. The van der Waals surface area contributed by atoms with Gasteiger partial charge in [-0.3, -0.25) is 0 Å². The minimum absolute atomic E-state index is 0.662. The van der Waals surface area contributed by atoms with Gasteiger partial charge in [0.25, 0.3) is 0 Å². The van der Waals surface area contributed by atoms with Gasteiger partial charge in [-0.1, -0.05) is 0 Å². The SMILES string of the molecule is COc1ccc(OCCNCc2cc(C)c(C)s2)cc1. The van der Waals surface area contributed by atoms with E-state index in [2.05, 4.69) is 25.2 Å². The summed E-state index contributed by atoms with van der Waals surface area (Å²) in [4.78, 5) is 2.78. The Labute approximate surface area is 124 Å². The summed E-state index contributed by atoms with van der Waals surface area (Å²) in [7, 11) is 1.66. The van der Waals surface area contributed by atoms with E-state index < -0.39 is 0 Å². The van der Waals surface area contributed by atoms with Crippen molar-refractivity contribution in [1.82, 2.24) is 5.32 Å². The zero-order valence-electron chi connectivity index (χ0n) is 12.2. The summed E-state index contributed by atoms with van der Waals surface area (Å²) < 4.78 is 10.8. The van der Waals surface area contributed by atoms with Crippen LogP contribution >= 0.6 is 11.3 Å². The molecule has 0 saturated heterocycles. The average molecular weight is 291 g/mol. The molecule has 0 unspecified atom stereocenters. The van der Waals surface area contributed by atoms with Crippen LogP contribution in [0.4, 0.5) is 0 Å². The molecule has 0 bridgehead atoms. The van der Waals surface area contributed by atoms with Crippen molar-refractivity contribution in [3.8, 4) is 11.5 Å². The third kappa shape index (κ3) is 4.25. The lowest BCUT2D eigenvalue weighted by atomic mass is 10.3. The molecule has 0 spiro atoms. The van der Waals surface area contributed by atoms with E-state index in [9.17, 15) is 0 Å². The third-order valence-corrected chi connectivity index (χ3v) is 4.28. The number of ether oxygens (including phenoxy) is 2. The highest BCUT2D eigenvalue weighted by molar-refractivity contribution is 7.12. The Bertz CT molecular complexity index is 514. The van der Waals surface area contributed by atoms with Gasteiger partial charge in [0.2, 0.25) is 0 Å². The molecule has 0 radical (unpaired) electrons. The van der Waals surface area contributed by atoms with Crippen LogP contribution in [0.5, 0.6) is 11.5 Å². The first-order valence-electron chi connectivity index (χ1n) is 6.72. The van der Waals surface area contributed by atoms with Gasteiger partial charge in [-0.2, -0.15) is 0 Å². The van der Waals surface area contributed by atoms with Gasteiger partial charge in [0.1, 0.15) is 18.1 Å². The van der Waals surface area contributed by atoms with E-state index in [1.807, 2.05) is 35.6 Å². The van der Waals surface area contributed by atoms with Gasteiger partial charge in [-0.15, -0.1) is 11.3 Å². The molecule has 20 heavy (non-hydrogen) atoms. The molecule has 1 aromatic heterocycles.